The van der Waals surface area contributed by atoms with Gasteiger partial charge in [0.15, 0.2) is 0 Å². The quantitative estimate of drug-likeness (QED) is 0.665. The molecule has 0 aliphatic heterocycles. The van der Waals surface area contributed by atoms with Gasteiger partial charge in [-0.15, -0.1) is 0 Å². The normalized spacial score (nSPS) is 23.9. The Hall–Kier alpha value is -1.30. The molecule has 1 aliphatic carbocycles. The maximum Gasteiger partial charge on any atom is 0.315 e. The van der Waals surface area contributed by atoms with Gasteiger partial charge in [0.25, 0.3) is 0 Å². The Labute approximate surface area is 120 Å². The molecule has 0 aromatic rings. The van der Waals surface area contributed by atoms with Gasteiger partial charge in [0.05, 0.1) is 12.5 Å². The molecule has 3 N–H and O–H groups in total. The number of carbonyl (C=O) groups is 2. The SMILES string of the molecule is CCC1CCC(NC(=O)NCC(CC(=O)O)OC)CC1. The second kappa shape index (κ2) is 8.79. The number of amides is 2. The minimum absolute atomic E-state index is 0.113. The molecule has 0 spiro atoms. The van der Waals surface area contributed by atoms with Gasteiger partial charge in [0.1, 0.15) is 0 Å². The van der Waals surface area contributed by atoms with Crippen LogP contribution in [-0.2, 0) is 9.53 Å². The molecule has 0 aromatic heterocycles. The van der Waals surface area contributed by atoms with Gasteiger partial charge in [-0.05, 0) is 31.6 Å². The fraction of sp³-hybridized carbons (Fsp3) is 0.857. The van der Waals surface area contributed by atoms with E-state index in [1.807, 2.05) is 0 Å². The van der Waals surface area contributed by atoms with Gasteiger partial charge in [-0.25, -0.2) is 4.79 Å². The van der Waals surface area contributed by atoms with E-state index in [9.17, 15) is 9.59 Å². The molecule has 1 fully saturated rings. The molecular weight excluding hydrogens is 260 g/mol. The summed E-state index contributed by atoms with van der Waals surface area (Å²) < 4.78 is 5.01. The maximum absolute atomic E-state index is 11.7. The van der Waals surface area contributed by atoms with E-state index in [1.165, 1.54) is 26.4 Å². The van der Waals surface area contributed by atoms with Crippen molar-refractivity contribution in [3.8, 4) is 0 Å². The third kappa shape index (κ3) is 6.23. The molecule has 0 heterocycles. The first-order valence-electron chi connectivity index (χ1n) is 7.34. The van der Waals surface area contributed by atoms with Crippen LogP contribution >= 0.6 is 0 Å². The Kier molecular flexibility index (Phi) is 7.36. The number of aliphatic carboxylic acids is 1. The highest BCUT2D eigenvalue weighted by Gasteiger charge is 2.21. The van der Waals surface area contributed by atoms with E-state index in [0.29, 0.717) is 0 Å². The average molecular weight is 286 g/mol. The van der Waals surface area contributed by atoms with Crippen molar-refractivity contribution in [2.75, 3.05) is 13.7 Å². The lowest BCUT2D eigenvalue weighted by molar-refractivity contribution is -0.139. The average Bonchev–Trinajstić information content (AvgIpc) is 2.44. The molecule has 0 aromatic carbocycles. The summed E-state index contributed by atoms with van der Waals surface area (Å²) in [6.07, 6.45) is 4.99. The second-order valence-corrected chi connectivity index (χ2v) is 5.44. The van der Waals surface area contributed by atoms with E-state index in [4.69, 9.17) is 9.84 Å². The van der Waals surface area contributed by atoms with Crippen molar-refractivity contribution in [3.05, 3.63) is 0 Å². The van der Waals surface area contributed by atoms with Crippen LogP contribution in [-0.4, -0.2) is 42.9 Å². The molecular formula is C14H26N2O4. The lowest BCUT2D eigenvalue weighted by atomic mass is 9.85. The number of urea groups is 1. The minimum atomic E-state index is -0.933. The van der Waals surface area contributed by atoms with E-state index in [1.54, 1.807) is 0 Å². The number of ether oxygens (including phenoxy) is 1. The van der Waals surface area contributed by atoms with Crippen LogP contribution in [0.3, 0.4) is 0 Å². The maximum atomic E-state index is 11.7. The van der Waals surface area contributed by atoms with Gasteiger partial charge in [0.2, 0.25) is 0 Å². The second-order valence-electron chi connectivity index (χ2n) is 5.44. The Morgan fingerprint density at radius 1 is 1.30 bits per heavy atom. The molecule has 0 bridgehead atoms. The number of carbonyl (C=O) groups excluding carboxylic acids is 1. The molecule has 1 unspecified atom stereocenters. The fourth-order valence-electron chi connectivity index (χ4n) is 2.59. The summed E-state index contributed by atoms with van der Waals surface area (Å²) in [6.45, 7) is 2.41. The summed E-state index contributed by atoms with van der Waals surface area (Å²) in [5.41, 5.74) is 0. The predicted octanol–water partition coefficient (Wildman–Crippen LogP) is 1.74. The van der Waals surface area contributed by atoms with E-state index < -0.39 is 12.1 Å². The van der Waals surface area contributed by atoms with Crippen LogP contribution in [0.1, 0.15) is 45.4 Å². The smallest absolute Gasteiger partial charge is 0.315 e. The summed E-state index contributed by atoms with van der Waals surface area (Å²) in [7, 11) is 1.44. The van der Waals surface area contributed by atoms with Crippen molar-refractivity contribution < 1.29 is 19.4 Å². The molecule has 1 rings (SSSR count). The minimum Gasteiger partial charge on any atom is -0.481 e. The summed E-state index contributed by atoms with van der Waals surface area (Å²) in [4.78, 5) is 22.3. The first-order valence-corrected chi connectivity index (χ1v) is 7.34. The monoisotopic (exact) mass is 286 g/mol. The third-order valence-corrected chi connectivity index (χ3v) is 3.99. The summed E-state index contributed by atoms with van der Waals surface area (Å²) in [5.74, 6) is -0.138. The summed E-state index contributed by atoms with van der Waals surface area (Å²) >= 11 is 0. The summed E-state index contributed by atoms with van der Waals surface area (Å²) in [6, 6.07) is -0.00402. The lowest BCUT2D eigenvalue weighted by Gasteiger charge is -2.28. The van der Waals surface area contributed by atoms with Crippen molar-refractivity contribution in [1.29, 1.82) is 0 Å². The number of hydrogen-bond donors (Lipinski definition) is 3. The van der Waals surface area contributed by atoms with E-state index in [-0.39, 0.29) is 25.0 Å². The van der Waals surface area contributed by atoms with Crippen LogP contribution in [0.2, 0.25) is 0 Å². The van der Waals surface area contributed by atoms with Gasteiger partial charge < -0.3 is 20.5 Å². The Balaban J connectivity index is 2.21. The highest BCUT2D eigenvalue weighted by Crippen LogP contribution is 2.26. The molecule has 116 valence electrons. The van der Waals surface area contributed by atoms with Crippen molar-refractivity contribution in [1.82, 2.24) is 10.6 Å². The Morgan fingerprint density at radius 2 is 1.95 bits per heavy atom. The largest absolute Gasteiger partial charge is 0.481 e. The molecule has 2 amide bonds. The van der Waals surface area contributed by atoms with Gasteiger partial charge >= 0.3 is 12.0 Å². The zero-order valence-electron chi connectivity index (χ0n) is 12.4. The van der Waals surface area contributed by atoms with Crippen LogP contribution in [0.15, 0.2) is 0 Å². The predicted molar refractivity (Wildman–Crippen MR) is 75.6 cm³/mol. The van der Waals surface area contributed by atoms with E-state index >= 15 is 0 Å². The van der Waals surface area contributed by atoms with Crippen molar-refractivity contribution in [2.24, 2.45) is 5.92 Å². The molecule has 6 nitrogen and oxygen atoms in total. The van der Waals surface area contributed by atoms with Crippen LogP contribution < -0.4 is 10.6 Å². The zero-order chi connectivity index (χ0) is 15.0. The van der Waals surface area contributed by atoms with Gasteiger partial charge in [-0.2, -0.15) is 0 Å². The van der Waals surface area contributed by atoms with E-state index in [0.717, 1.165) is 18.8 Å². The van der Waals surface area contributed by atoms with Crippen LogP contribution in [0.4, 0.5) is 4.79 Å². The van der Waals surface area contributed by atoms with Crippen molar-refractivity contribution >= 4 is 12.0 Å². The molecule has 6 heteroatoms. The lowest BCUT2D eigenvalue weighted by Crippen LogP contribution is -2.46. The number of hydrogen-bond acceptors (Lipinski definition) is 3. The van der Waals surface area contributed by atoms with Gasteiger partial charge in [-0.1, -0.05) is 13.3 Å². The number of methoxy groups -OCH3 is 1. The number of nitrogens with one attached hydrogen (secondary N) is 2. The van der Waals surface area contributed by atoms with Gasteiger partial charge in [0, 0.05) is 19.7 Å². The van der Waals surface area contributed by atoms with Crippen LogP contribution in [0.5, 0.6) is 0 Å². The fourth-order valence-corrected chi connectivity index (χ4v) is 2.59. The molecule has 1 saturated carbocycles. The first-order chi connectivity index (χ1) is 9.55. The standard InChI is InChI=1S/C14H26N2O4/c1-3-10-4-6-11(7-5-10)16-14(19)15-9-12(20-2)8-13(17)18/h10-12H,3-9H2,1-2H3,(H,17,18)(H2,15,16,19). The highest BCUT2D eigenvalue weighted by molar-refractivity contribution is 5.74. The molecule has 0 radical (unpaired) electrons. The number of carboxylic acids is 1. The molecule has 0 saturated heterocycles. The van der Waals surface area contributed by atoms with Crippen LogP contribution in [0.25, 0.3) is 0 Å². The van der Waals surface area contributed by atoms with Gasteiger partial charge in [-0.3, -0.25) is 4.79 Å². The Morgan fingerprint density at radius 3 is 2.45 bits per heavy atom. The highest BCUT2D eigenvalue weighted by atomic mass is 16.5. The van der Waals surface area contributed by atoms with Crippen LogP contribution in [0, 0.1) is 5.92 Å². The topological polar surface area (TPSA) is 87.7 Å². The number of carboxylic acid groups (broad SMARTS) is 1. The van der Waals surface area contributed by atoms with Crippen molar-refractivity contribution in [2.45, 2.75) is 57.6 Å². The number of rotatable bonds is 7. The first kappa shape index (κ1) is 16.8. The summed E-state index contributed by atoms with van der Waals surface area (Å²) in [5, 5.41) is 14.3. The van der Waals surface area contributed by atoms with E-state index in [2.05, 4.69) is 17.6 Å². The van der Waals surface area contributed by atoms with Crippen molar-refractivity contribution in [3.63, 3.8) is 0 Å². The molecule has 1 aliphatic rings. The molecule has 1 atom stereocenters. The Bertz CT molecular complexity index is 314. The zero-order valence-corrected chi connectivity index (χ0v) is 12.4. The third-order valence-electron chi connectivity index (χ3n) is 3.99. The molecule has 20 heavy (non-hydrogen) atoms.